The minimum absolute atomic E-state index is 0.00947. The molecule has 3 saturated carbocycles. The Morgan fingerprint density at radius 2 is 1.67 bits per heavy atom. The molecule has 1 aromatic rings. The van der Waals surface area contributed by atoms with Gasteiger partial charge in [0.2, 0.25) is 5.91 Å². The fourth-order valence-corrected chi connectivity index (χ4v) is 5.87. The first-order valence-corrected chi connectivity index (χ1v) is 10.7. The van der Waals surface area contributed by atoms with E-state index in [-0.39, 0.29) is 11.3 Å². The van der Waals surface area contributed by atoms with Crippen LogP contribution in [0.4, 0.5) is 11.5 Å². The zero-order valence-electron chi connectivity index (χ0n) is 17.6. The van der Waals surface area contributed by atoms with E-state index in [0.717, 1.165) is 46.4 Å². The van der Waals surface area contributed by atoms with Crippen LogP contribution in [0.2, 0.25) is 0 Å². The molecule has 0 aromatic carbocycles. The van der Waals surface area contributed by atoms with E-state index in [4.69, 9.17) is 4.98 Å². The van der Waals surface area contributed by atoms with Gasteiger partial charge in [0.05, 0.1) is 11.4 Å². The van der Waals surface area contributed by atoms with Gasteiger partial charge in [0.1, 0.15) is 5.82 Å². The molecule has 27 heavy (non-hydrogen) atoms. The monoisotopic (exact) mass is 369 g/mol. The summed E-state index contributed by atoms with van der Waals surface area (Å²) in [6.07, 6.45) is 6.31. The van der Waals surface area contributed by atoms with Gasteiger partial charge < -0.3 is 10.2 Å². The van der Waals surface area contributed by atoms with Gasteiger partial charge in [-0.25, -0.2) is 4.98 Å². The summed E-state index contributed by atoms with van der Waals surface area (Å²) in [4.78, 5) is 19.8. The SMILES string of the molecule is Cc1cc(N2CC3C4CCC(CC4)C3C2)nc(C)c1NC(=O)CC(C)(C)C. The van der Waals surface area contributed by atoms with Crippen LogP contribution in [0, 0.1) is 42.9 Å². The lowest BCUT2D eigenvalue weighted by Crippen LogP contribution is -2.38. The second kappa shape index (κ2) is 6.79. The largest absolute Gasteiger partial charge is 0.356 e. The van der Waals surface area contributed by atoms with Crippen molar-refractivity contribution in [2.45, 2.75) is 66.7 Å². The molecule has 1 amide bonds. The van der Waals surface area contributed by atoms with Gasteiger partial charge in [-0.1, -0.05) is 20.8 Å². The normalized spacial score (nSPS) is 29.7. The number of aromatic nitrogens is 1. The highest BCUT2D eigenvalue weighted by Crippen LogP contribution is 2.52. The van der Waals surface area contributed by atoms with E-state index in [1.165, 1.54) is 38.8 Å². The van der Waals surface area contributed by atoms with Gasteiger partial charge in [-0.3, -0.25) is 4.79 Å². The average molecular weight is 370 g/mol. The summed E-state index contributed by atoms with van der Waals surface area (Å²) in [6.45, 7) is 12.7. The van der Waals surface area contributed by atoms with Gasteiger partial charge >= 0.3 is 0 Å². The van der Waals surface area contributed by atoms with E-state index in [1.807, 2.05) is 6.92 Å². The number of nitrogens with one attached hydrogen (secondary N) is 1. The third-order valence-electron chi connectivity index (χ3n) is 7.10. The predicted molar refractivity (Wildman–Crippen MR) is 111 cm³/mol. The quantitative estimate of drug-likeness (QED) is 0.820. The number of fused-ring (bicyclic) bond motifs is 2. The van der Waals surface area contributed by atoms with E-state index >= 15 is 0 Å². The van der Waals surface area contributed by atoms with Crippen molar-refractivity contribution in [1.29, 1.82) is 0 Å². The fourth-order valence-electron chi connectivity index (χ4n) is 5.87. The summed E-state index contributed by atoms with van der Waals surface area (Å²) in [5.74, 6) is 4.84. The molecule has 3 aliphatic carbocycles. The molecule has 0 radical (unpaired) electrons. The zero-order valence-corrected chi connectivity index (χ0v) is 17.6. The van der Waals surface area contributed by atoms with Crippen LogP contribution in [-0.2, 0) is 4.79 Å². The third-order valence-corrected chi connectivity index (χ3v) is 7.10. The molecule has 1 aromatic heterocycles. The molecule has 1 saturated heterocycles. The highest BCUT2D eigenvalue weighted by atomic mass is 16.1. The van der Waals surface area contributed by atoms with Crippen molar-refractivity contribution in [3.05, 3.63) is 17.3 Å². The summed E-state index contributed by atoms with van der Waals surface area (Å²) in [5, 5.41) is 3.11. The molecule has 1 N–H and O–H groups in total. The van der Waals surface area contributed by atoms with Crippen LogP contribution in [0.3, 0.4) is 0 Å². The zero-order chi connectivity index (χ0) is 19.3. The Kier molecular flexibility index (Phi) is 4.72. The molecule has 2 atom stereocenters. The maximum Gasteiger partial charge on any atom is 0.224 e. The Morgan fingerprint density at radius 3 is 2.15 bits per heavy atom. The van der Waals surface area contributed by atoms with E-state index in [9.17, 15) is 4.79 Å². The fraction of sp³-hybridized carbons (Fsp3) is 0.739. The second-order valence-electron chi connectivity index (χ2n) is 10.5. The topological polar surface area (TPSA) is 45.2 Å². The number of pyridine rings is 1. The molecule has 4 fully saturated rings. The maximum atomic E-state index is 12.4. The summed E-state index contributed by atoms with van der Waals surface area (Å²) in [6, 6.07) is 2.18. The van der Waals surface area contributed by atoms with Crippen LogP contribution < -0.4 is 10.2 Å². The number of nitrogens with zero attached hydrogens (tertiary/aromatic N) is 2. The number of hydrogen-bond donors (Lipinski definition) is 1. The standard InChI is InChI=1S/C23H35N3O/c1-14-10-20(24-15(2)22(14)25-21(27)11-23(3,4)5)26-12-18-16-6-7-17(9-8-16)19(18)13-26/h10,16-19H,6-9,11-13H2,1-5H3,(H,25,27). The lowest BCUT2D eigenvalue weighted by Gasteiger charge is -2.44. The Labute approximate surface area is 164 Å². The van der Waals surface area contributed by atoms with E-state index in [1.54, 1.807) is 0 Å². The number of carbonyl (C=O) groups excluding carboxylic acids is 1. The number of hydrogen-bond acceptors (Lipinski definition) is 3. The number of carbonyl (C=O) groups is 1. The van der Waals surface area contributed by atoms with Crippen molar-refractivity contribution in [2.75, 3.05) is 23.3 Å². The van der Waals surface area contributed by atoms with Gasteiger partial charge in [-0.05, 0) is 80.2 Å². The Hall–Kier alpha value is -1.58. The molecular weight excluding hydrogens is 334 g/mol. The minimum atomic E-state index is -0.00947. The number of anilines is 2. The van der Waals surface area contributed by atoms with Crippen molar-refractivity contribution in [1.82, 2.24) is 4.98 Å². The third kappa shape index (κ3) is 3.72. The molecule has 1 aliphatic heterocycles. The first-order valence-electron chi connectivity index (χ1n) is 10.7. The van der Waals surface area contributed by atoms with Gasteiger partial charge in [0.15, 0.2) is 0 Å². The molecule has 0 spiro atoms. The number of rotatable bonds is 3. The molecule has 148 valence electrons. The minimum Gasteiger partial charge on any atom is -0.356 e. The summed E-state index contributed by atoms with van der Waals surface area (Å²) >= 11 is 0. The van der Waals surface area contributed by atoms with E-state index < -0.39 is 0 Å². The second-order valence-corrected chi connectivity index (χ2v) is 10.5. The Balaban J connectivity index is 1.50. The molecular formula is C23H35N3O. The van der Waals surface area contributed by atoms with Gasteiger partial charge in [0.25, 0.3) is 0 Å². The van der Waals surface area contributed by atoms with Crippen LogP contribution >= 0.6 is 0 Å². The number of aryl methyl sites for hydroxylation is 2. The first-order chi connectivity index (χ1) is 12.7. The molecule has 2 heterocycles. The van der Waals surface area contributed by atoms with Crippen LogP contribution in [-0.4, -0.2) is 24.0 Å². The average Bonchev–Trinajstić information content (AvgIpc) is 3.05. The lowest BCUT2D eigenvalue weighted by atomic mass is 9.60. The summed E-state index contributed by atoms with van der Waals surface area (Å²) in [7, 11) is 0. The predicted octanol–water partition coefficient (Wildman–Crippen LogP) is 4.95. The smallest absolute Gasteiger partial charge is 0.224 e. The van der Waals surface area contributed by atoms with Crippen molar-refractivity contribution in [3.8, 4) is 0 Å². The highest BCUT2D eigenvalue weighted by Gasteiger charge is 2.48. The van der Waals surface area contributed by atoms with Crippen LogP contribution in [0.25, 0.3) is 0 Å². The Bertz CT molecular complexity index is 685. The first kappa shape index (κ1) is 18.8. The van der Waals surface area contributed by atoms with Crippen molar-refractivity contribution in [2.24, 2.45) is 29.1 Å². The van der Waals surface area contributed by atoms with E-state index in [2.05, 4.69) is 44.0 Å². The molecule has 4 nitrogen and oxygen atoms in total. The maximum absolute atomic E-state index is 12.4. The van der Waals surface area contributed by atoms with Crippen LogP contribution in [0.5, 0.6) is 0 Å². The molecule has 2 unspecified atom stereocenters. The van der Waals surface area contributed by atoms with Crippen LogP contribution in [0.1, 0.15) is 64.1 Å². The van der Waals surface area contributed by atoms with E-state index in [0.29, 0.717) is 6.42 Å². The highest BCUT2D eigenvalue weighted by molar-refractivity contribution is 5.92. The van der Waals surface area contributed by atoms with Crippen molar-refractivity contribution in [3.63, 3.8) is 0 Å². The van der Waals surface area contributed by atoms with Gasteiger partial charge in [-0.15, -0.1) is 0 Å². The summed E-state index contributed by atoms with van der Waals surface area (Å²) < 4.78 is 0. The van der Waals surface area contributed by atoms with Gasteiger partial charge in [0, 0.05) is 19.5 Å². The van der Waals surface area contributed by atoms with Crippen LogP contribution in [0.15, 0.2) is 6.07 Å². The molecule has 4 aliphatic rings. The van der Waals surface area contributed by atoms with Gasteiger partial charge in [-0.2, -0.15) is 0 Å². The summed E-state index contributed by atoms with van der Waals surface area (Å²) in [5.41, 5.74) is 2.94. The Morgan fingerprint density at radius 1 is 1.11 bits per heavy atom. The molecule has 4 heteroatoms. The molecule has 5 rings (SSSR count). The number of amides is 1. The molecule has 2 bridgehead atoms. The van der Waals surface area contributed by atoms with Crippen molar-refractivity contribution >= 4 is 17.4 Å². The lowest BCUT2D eigenvalue weighted by molar-refractivity contribution is -0.117. The van der Waals surface area contributed by atoms with Crippen molar-refractivity contribution < 1.29 is 4.79 Å².